The summed E-state index contributed by atoms with van der Waals surface area (Å²) in [7, 11) is 0. The molecule has 8 heteroatoms. The Morgan fingerprint density at radius 1 is 1.32 bits per heavy atom. The van der Waals surface area contributed by atoms with Gasteiger partial charge in [0.15, 0.2) is 0 Å². The fraction of sp³-hybridized carbons (Fsp3) is 0.273. The molecule has 0 saturated heterocycles. The molecule has 0 spiro atoms. The molecule has 0 aliphatic heterocycles. The number of carboxylic acids is 1. The molecule has 1 aromatic rings. The second-order valence-corrected chi connectivity index (χ2v) is 4.20. The van der Waals surface area contributed by atoms with Crippen molar-refractivity contribution >= 4 is 23.5 Å². The molecule has 0 radical (unpaired) electrons. The maximum absolute atomic E-state index is 12.5. The van der Waals surface area contributed by atoms with Gasteiger partial charge in [-0.1, -0.05) is 11.6 Å². The normalized spacial score (nSPS) is 12.9. The summed E-state index contributed by atoms with van der Waals surface area (Å²) < 4.78 is 37.6. The maximum Gasteiger partial charge on any atom is 0.416 e. The zero-order valence-corrected chi connectivity index (χ0v) is 10.3. The third-order valence-corrected chi connectivity index (χ3v) is 2.42. The summed E-state index contributed by atoms with van der Waals surface area (Å²) in [4.78, 5) is 22.1. The molecule has 0 unspecified atom stereocenters. The zero-order chi connectivity index (χ0) is 14.8. The Hall–Kier alpha value is -1.76. The van der Waals surface area contributed by atoms with E-state index in [2.05, 4.69) is 0 Å². The molecule has 0 aromatic heterocycles. The van der Waals surface area contributed by atoms with E-state index in [4.69, 9.17) is 16.7 Å². The van der Waals surface area contributed by atoms with Gasteiger partial charge < -0.3 is 10.4 Å². The van der Waals surface area contributed by atoms with Crippen LogP contribution in [0.4, 0.5) is 13.2 Å². The van der Waals surface area contributed by atoms with Crippen molar-refractivity contribution in [2.24, 2.45) is 0 Å². The first-order valence-electron chi connectivity index (χ1n) is 5.02. The minimum Gasteiger partial charge on any atom is -0.480 e. The number of hydrogen-bond donors (Lipinski definition) is 2. The lowest BCUT2D eigenvalue weighted by Crippen LogP contribution is -2.38. The first-order valence-corrected chi connectivity index (χ1v) is 5.40. The Bertz CT molecular complexity index is 516. The summed E-state index contributed by atoms with van der Waals surface area (Å²) in [5.41, 5.74) is -1.43. The summed E-state index contributed by atoms with van der Waals surface area (Å²) in [6, 6.07) is 1.09. The number of amides is 1. The van der Waals surface area contributed by atoms with Gasteiger partial charge in [0.2, 0.25) is 0 Å². The number of benzene rings is 1. The molecule has 1 aromatic carbocycles. The summed E-state index contributed by atoms with van der Waals surface area (Å²) in [6.07, 6.45) is -4.64. The highest BCUT2D eigenvalue weighted by Crippen LogP contribution is 2.31. The molecular weight excluding hydrogens is 287 g/mol. The van der Waals surface area contributed by atoms with Crippen LogP contribution in [0.5, 0.6) is 0 Å². The van der Waals surface area contributed by atoms with E-state index >= 15 is 0 Å². The number of rotatable bonds is 3. The van der Waals surface area contributed by atoms with Gasteiger partial charge >= 0.3 is 12.1 Å². The van der Waals surface area contributed by atoms with Crippen LogP contribution in [0.2, 0.25) is 5.02 Å². The van der Waals surface area contributed by atoms with Gasteiger partial charge in [0.1, 0.15) is 6.04 Å². The molecule has 1 atom stereocenters. The quantitative estimate of drug-likeness (QED) is 0.900. The van der Waals surface area contributed by atoms with Crippen molar-refractivity contribution in [3.05, 3.63) is 34.3 Å². The molecule has 0 heterocycles. The number of nitrogens with one attached hydrogen (secondary N) is 1. The van der Waals surface area contributed by atoms with Crippen LogP contribution in [0.25, 0.3) is 0 Å². The van der Waals surface area contributed by atoms with Crippen LogP contribution in [0, 0.1) is 0 Å². The van der Waals surface area contributed by atoms with E-state index < -0.39 is 29.7 Å². The Kier molecular flexibility index (Phi) is 4.41. The highest BCUT2D eigenvalue weighted by atomic mass is 35.5. The van der Waals surface area contributed by atoms with Crippen molar-refractivity contribution in [1.82, 2.24) is 5.32 Å². The van der Waals surface area contributed by atoms with Gasteiger partial charge in [-0.25, -0.2) is 0 Å². The Balaban J connectivity index is 3.04. The maximum atomic E-state index is 12.5. The lowest BCUT2D eigenvalue weighted by atomic mass is 10.1. The van der Waals surface area contributed by atoms with E-state index in [1.165, 1.54) is 6.92 Å². The van der Waals surface area contributed by atoms with E-state index in [9.17, 15) is 22.8 Å². The summed E-state index contributed by atoms with van der Waals surface area (Å²) in [5, 5.41) is 10.4. The highest BCUT2D eigenvalue weighted by molar-refractivity contribution is 6.31. The van der Waals surface area contributed by atoms with Gasteiger partial charge in [-0.15, -0.1) is 0 Å². The number of carbonyl (C=O) groups excluding carboxylic acids is 1. The van der Waals surface area contributed by atoms with Gasteiger partial charge in [-0.05, 0) is 25.1 Å². The van der Waals surface area contributed by atoms with E-state index in [1.54, 1.807) is 0 Å². The molecule has 4 nitrogen and oxygen atoms in total. The first-order chi connectivity index (χ1) is 8.61. The number of alkyl halides is 3. The predicted octanol–water partition coefficient (Wildman–Crippen LogP) is 2.56. The van der Waals surface area contributed by atoms with Crippen LogP contribution in [0.15, 0.2) is 18.2 Å². The number of hydrogen-bond acceptors (Lipinski definition) is 2. The van der Waals surface area contributed by atoms with Crippen LogP contribution in [-0.4, -0.2) is 23.0 Å². The lowest BCUT2D eigenvalue weighted by molar-refractivity contribution is -0.139. The molecule has 0 aliphatic carbocycles. The van der Waals surface area contributed by atoms with E-state index in [-0.39, 0.29) is 10.6 Å². The average Bonchev–Trinajstić information content (AvgIpc) is 2.26. The minimum absolute atomic E-state index is 0.261. The van der Waals surface area contributed by atoms with E-state index in [0.29, 0.717) is 12.1 Å². The van der Waals surface area contributed by atoms with Gasteiger partial charge in [0, 0.05) is 10.6 Å². The van der Waals surface area contributed by atoms with Crippen molar-refractivity contribution in [3.63, 3.8) is 0 Å². The van der Waals surface area contributed by atoms with Crippen LogP contribution in [0.3, 0.4) is 0 Å². The first kappa shape index (κ1) is 15.3. The Labute approximate surface area is 111 Å². The fourth-order valence-electron chi connectivity index (χ4n) is 1.23. The third-order valence-electron chi connectivity index (χ3n) is 2.21. The molecule has 19 heavy (non-hydrogen) atoms. The third kappa shape index (κ3) is 4.13. The zero-order valence-electron chi connectivity index (χ0n) is 9.58. The standard InChI is InChI=1S/C11H9ClF3NO3/c1-5(10(18)19)16-9(17)6-2-7(11(13,14)15)4-8(12)3-6/h2-5H,1H3,(H,16,17)(H,18,19)/t5-/m1/s1. The van der Waals surface area contributed by atoms with Crippen LogP contribution in [0.1, 0.15) is 22.8 Å². The smallest absolute Gasteiger partial charge is 0.416 e. The fourth-order valence-corrected chi connectivity index (χ4v) is 1.46. The predicted molar refractivity (Wildman–Crippen MR) is 61.0 cm³/mol. The van der Waals surface area contributed by atoms with Crippen molar-refractivity contribution in [3.8, 4) is 0 Å². The molecule has 0 saturated carbocycles. The Morgan fingerprint density at radius 2 is 1.89 bits per heavy atom. The SMILES string of the molecule is C[C@@H](NC(=O)c1cc(Cl)cc(C(F)(F)F)c1)C(=O)O. The number of carbonyl (C=O) groups is 2. The molecule has 1 amide bonds. The molecular formula is C11H9ClF3NO3. The van der Waals surface area contributed by atoms with Crippen molar-refractivity contribution in [2.75, 3.05) is 0 Å². The molecule has 0 bridgehead atoms. The monoisotopic (exact) mass is 295 g/mol. The molecule has 2 N–H and O–H groups in total. The van der Waals surface area contributed by atoms with Gasteiger partial charge in [-0.3, -0.25) is 9.59 Å². The molecule has 0 fully saturated rings. The summed E-state index contributed by atoms with van der Waals surface area (Å²) in [5.74, 6) is -2.24. The molecule has 104 valence electrons. The van der Waals surface area contributed by atoms with Crippen LogP contribution >= 0.6 is 11.6 Å². The van der Waals surface area contributed by atoms with Crippen LogP contribution < -0.4 is 5.32 Å². The van der Waals surface area contributed by atoms with E-state index in [1.807, 2.05) is 5.32 Å². The van der Waals surface area contributed by atoms with Gasteiger partial charge in [0.05, 0.1) is 5.56 Å². The number of halogens is 4. The van der Waals surface area contributed by atoms with Gasteiger partial charge in [0.25, 0.3) is 5.91 Å². The van der Waals surface area contributed by atoms with E-state index in [0.717, 1.165) is 6.07 Å². The second kappa shape index (κ2) is 5.48. The summed E-state index contributed by atoms with van der Waals surface area (Å²) >= 11 is 5.50. The second-order valence-electron chi connectivity index (χ2n) is 3.76. The van der Waals surface area contributed by atoms with Crippen LogP contribution in [-0.2, 0) is 11.0 Å². The topological polar surface area (TPSA) is 66.4 Å². The number of aliphatic carboxylic acids is 1. The van der Waals surface area contributed by atoms with Gasteiger partial charge in [-0.2, -0.15) is 13.2 Å². The minimum atomic E-state index is -4.64. The van der Waals surface area contributed by atoms with Crippen molar-refractivity contribution in [1.29, 1.82) is 0 Å². The molecule has 0 aliphatic rings. The highest BCUT2D eigenvalue weighted by Gasteiger charge is 2.31. The number of carboxylic acid groups (broad SMARTS) is 1. The summed E-state index contributed by atoms with van der Waals surface area (Å²) in [6.45, 7) is 1.19. The average molecular weight is 296 g/mol. The Morgan fingerprint density at radius 3 is 2.37 bits per heavy atom. The van der Waals surface area contributed by atoms with Crippen molar-refractivity contribution < 1.29 is 27.9 Å². The lowest BCUT2D eigenvalue weighted by Gasteiger charge is -2.12. The largest absolute Gasteiger partial charge is 0.480 e. The van der Waals surface area contributed by atoms with Crippen molar-refractivity contribution in [2.45, 2.75) is 19.1 Å². The molecule has 1 rings (SSSR count).